The van der Waals surface area contributed by atoms with Gasteiger partial charge < -0.3 is 5.73 Å². The summed E-state index contributed by atoms with van der Waals surface area (Å²) >= 11 is 1.79. The second-order valence-electron chi connectivity index (χ2n) is 4.05. The van der Waals surface area contributed by atoms with E-state index in [1.54, 1.807) is 11.3 Å². The molecule has 1 aromatic heterocycles. The Bertz CT molecular complexity index is 460. The summed E-state index contributed by atoms with van der Waals surface area (Å²) in [6.07, 6.45) is 0.935. The molecule has 0 spiro atoms. The van der Waals surface area contributed by atoms with Gasteiger partial charge in [-0.2, -0.15) is 0 Å². The predicted molar refractivity (Wildman–Crippen MR) is 66.5 cm³/mol. The van der Waals surface area contributed by atoms with E-state index >= 15 is 0 Å². The molecule has 0 aliphatic rings. The van der Waals surface area contributed by atoms with Crippen LogP contribution in [0.3, 0.4) is 0 Å². The van der Waals surface area contributed by atoms with E-state index < -0.39 is 0 Å². The highest BCUT2D eigenvalue weighted by Crippen LogP contribution is 2.27. The molecule has 0 unspecified atom stereocenters. The molecule has 2 aromatic rings. The van der Waals surface area contributed by atoms with Crippen LogP contribution >= 0.6 is 11.3 Å². The highest BCUT2D eigenvalue weighted by atomic mass is 32.1. The highest BCUT2D eigenvalue weighted by Gasteiger charge is 2.07. The van der Waals surface area contributed by atoms with Gasteiger partial charge in [0.1, 0.15) is 0 Å². The van der Waals surface area contributed by atoms with Crippen LogP contribution in [0.4, 0.5) is 0 Å². The summed E-state index contributed by atoms with van der Waals surface area (Å²) in [7, 11) is 0. The Labute approximate surface area is 94.1 Å². The maximum atomic E-state index is 5.54. The average molecular weight is 220 g/mol. The van der Waals surface area contributed by atoms with Crippen molar-refractivity contribution in [1.82, 2.24) is 4.98 Å². The van der Waals surface area contributed by atoms with Crippen molar-refractivity contribution in [3.63, 3.8) is 0 Å². The van der Waals surface area contributed by atoms with Crippen LogP contribution in [0.25, 0.3) is 10.2 Å². The summed E-state index contributed by atoms with van der Waals surface area (Å²) in [5.74, 6) is 0.514. The van der Waals surface area contributed by atoms with E-state index in [9.17, 15) is 0 Å². The molecule has 80 valence electrons. The van der Waals surface area contributed by atoms with Crippen molar-refractivity contribution in [3.8, 4) is 0 Å². The number of hydrogen-bond acceptors (Lipinski definition) is 3. The van der Waals surface area contributed by atoms with Crippen molar-refractivity contribution in [2.24, 2.45) is 5.73 Å². The standard InChI is InChI=1S/C12H16N2S/c1-8(2)12-14-10-7-9(5-6-13)3-4-11(10)15-12/h3-4,7-8H,5-6,13H2,1-2H3. The minimum atomic E-state index is 0.514. The maximum absolute atomic E-state index is 5.54. The normalized spacial score (nSPS) is 11.5. The third kappa shape index (κ3) is 2.19. The fourth-order valence-corrected chi connectivity index (χ4v) is 2.51. The van der Waals surface area contributed by atoms with E-state index in [4.69, 9.17) is 5.73 Å². The first-order valence-electron chi connectivity index (χ1n) is 5.30. The quantitative estimate of drug-likeness (QED) is 0.863. The Hall–Kier alpha value is -0.930. The molecule has 1 aromatic carbocycles. The smallest absolute Gasteiger partial charge is 0.0963 e. The molecule has 3 heteroatoms. The summed E-state index contributed by atoms with van der Waals surface area (Å²) in [5.41, 5.74) is 7.94. The molecule has 0 bridgehead atoms. The second kappa shape index (κ2) is 4.29. The van der Waals surface area contributed by atoms with Crippen molar-refractivity contribution >= 4 is 21.6 Å². The van der Waals surface area contributed by atoms with Crippen molar-refractivity contribution in [1.29, 1.82) is 0 Å². The van der Waals surface area contributed by atoms with E-state index in [1.165, 1.54) is 15.3 Å². The Balaban J connectivity index is 2.43. The summed E-state index contributed by atoms with van der Waals surface area (Å²) in [5, 5.41) is 1.22. The van der Waals surface area contributed by atoms with Crippen molar-refractivity contribution < 1.29 is 0 Å². The van der Waals surface area contributed by atoms with E-state index in [2.05, 4.69) is 37.0 Å². The number of thiazole rings is 1. The molecule has 2 nitrogen and oxygen atoms in total. The first-order valence-corrected chi connectivity index (χ1v) is 6.12. The molecule has 0 atom stereocenters. The minimum absolute atomic E-state index is 0.514. The molecular weight excluding hydrogens is 204 g/mol. The largest absolute Gasteiger partial charge is 0.330 e. The van der Waals surface area contributed by atoms with Gasteiger partial charge in [-0.15, -0.1) is 11.3 Å². The number of nitrogens with two attached hydrogens (primary N) is 1. The van der Waals surface area contributed by atoms with Crippen LogP contribution in [0, 0.1) is 0 Å². The van der Waals surface area contributed by atoms with Crippen LogP contribution in [0.5, 0.6) is 0 Å². The van der Waals surface area contributed by atoms with Crippen LogP contribution in [-0.4, -0.2) is 11.5 Å². The van der Waals surface area contributed by atoms with Gasteiger partial charge in [-0.1, -0.05) is 19.9 Å². The SMILES string of the molecule is CC(C)c1nc2cc(CCN)ccc2s1. The van der Waals surface area contributed by atoms with Crippen LogP contribution in [0.1, 0.15) is 30.3 Å². The Morgan fingerprint density at radius 2 is 2.20 bits per heavy atom. The number of hydrogen-bond donors (Lipinski definition) is 1. The topological polar surface area (TPSA) is 38.9 Å². The third-order valence-corrected chi connectivity index (χ3v) is 3.73. The lowest BCUT2D eigenvalue weighted by atomic mass is 10.1. The number of fused-ring (bicyclic) bond motifs is 1. The van der Waals surface area contributed by atoms with Crippen LogP contribution in [0.15, 0.2) is 18.2 Å². The first kappa shape index (κ1) is 10.6. The van der Waals surface area contributed by atoms with Crippen molar-refractivity contribution in [2.75, 3.05) is 6.54 Å². The number of benzene rings is 1. The molecule has 2 N–H and O–H groups in total. The molecule has 15 heavy (non-hydrogen) atoms. The van der Waals surface area contributed by atoms with E-state index in [0.717, 1.165) is 11.9 Å². The molecule has 2 rings (SSSR count). The number of nitrogens with zero attached hydrogens (tertiary/aromatic N) is 1. The molecule has 1 heterocycles. The van der Waals surface area contributed by atoms with E-state index in [1.807, 2.05) is 0 Å². The lowest BCUT2D eigenvalue weighted by Gasteiger charge is -1.96. The van der Waals surface area contributed by atoms with Gasteiger partial charge in [0, 0.05) is 5.92 Å². The predicted octanol–water partition coefficient (Wildman–Crippen LogP) is 2.92. The zero-order chi connectivity index (χ0) is 10.8. The summed E-state index contributed by atoms with van der Waals surface area (Å²) in [4.78, 5) is 4.63. The van der Waals surface area contributed by atoms with Gasteiger partial charge in [-0.05, 0) is 30.7 Å². The first-order chi connectivity index (χ1) is 7.20. The second-order valence-corrected chi connectivity index (χ2v) is 5.11. The Morgan fingerprint density at radius 1 is 1.40 bits per heavy atom. The minimum Gasteiger partial charge on any atom is -0.330 e. The fraction of sp³-hybridized carbons (Fsp3) is 0.417. The van der Waals surface area contributed by atoms with E-state index in [0.29, 0.717) is 12.5 Å². The monoisotopic (exact) mass is 220 g/mol. The van der Waals surface area contributed by atoms with E-state index in [-0.39, 0.29) is 0 Å². The number of aromatic nitrogens is 1. The molecule has 0 amide bonds. The van der Waals surface area contributed by atoms with Crippen molar-refractivity contribution in [3.05, 3.63) is 28.8 Å². The molecule has 0 fully saturated rings. The van der Waals surface area contributed by atoms with Gasteiger partial charge in [0.2, 0.25) is 0 Å². The lowest BCUT2D eigenvalue weighted by Crippen LogP contribution is -2.02. The van der Waals surface area contributed by atoms with Gasteiger partial charge in [-0.25, -0.2) is 4.98 Å². The van der Waals surface area contributed by atoms with Crippen molar-refractivity contribution in [2.45, 2.75) is 26.2 Å². The molecule has 0 saturated carbocycles. The zero-order valence-electron chi connectivity index (χ0n) is 9.16. The zero-order valence-corrected chi connectivity index (χ0v) is 9.97. The van der Waals surface area contributed by atoms with Gasteiger partial charge in [0.15, 0.2) is 0 Å². The summed E-state index contributed by atoms with van der Waals surface area (Å²) in [6.45, 7) is 5.06. The molecule has 0 aliphatic carbocycles. The highest BCUT2D eigenvalue weighted by molar-refractivity contribution is 7.18. The van der Waals surface area contributed by atoms with Crippen LogP contribution in [0.2, 0.25) is 0 Å². The third-order valence-electron chi connectivity index (χ3n) is 2.40. The van der Waals surface area contributed by atoms with Crippen LogP contribution < -0.4 is 5.73 Å². The molecular formula is C12H16N2S. The molecule has 0 aliphatic heterocycles. The van der Waals surface area contributed by atoms with Gasteiger partial charge in [0.25, 0.3) is 0 Å². The lowest BCUT2D eigenvalue weighted by molar-refractivity contribution is 0.856. The summed E-state index contributed by atoms with van der Waals surface area (Å²) in [6, 6.07) is 6.46. The van der Waals surface area contributed by atoms with Crippen LogP contribution in [-0.2, 0) is 6.42 Å². The fourth-order valence-electron chi connectivity index (χ4n) is 1.56. The maximum Gasteiger partial charge on any atom is 0.0963 e. The molecule has 0 radical (unpaired) electrons. The average Bonchev–Trinajstić information content (AvgIpc) is 2.61. The Kier molecular flexibility index (Phi) is 3.03. The summed E-state index contributed by atoms with van der Waals surface area (Å²) < 4.78 is 1.28. The number of rotatable bonds is 3. The molecule has 0 saturated heterocycles. The Morgan fingerprint density at radius 3 is 2.87 bits per heavy atom. The van der Waals surface area contributed by atoms with Gasteiger partial charge >= 0.3 is 0 Å². The van der Waals surface area contributed by atoms with Gasteiger partial charge in [0.05, 0.1) is 15.2 Å². The van der Waals surface area contributed by atoms with Gasteiger partial charge in [-0.3, -0.25) is 0 Å².